The summed E-state index contributed by atoms with van der Waals surface area (Å²) in [6.07, 6.45) is -0.343. The monoisotopic (exact) mass is 353 g/mol. The van der Waals surface area contributed by atoms with Gasteiger partial charge in [-0.3, -0.25) is 4.79 Å². The lowest BCUT2D eigenvalue weighted by atomic mass is 9.97. The Morgan fingerprint density at radius 3 is 2.83 bits per heavy atom. The van der Waals surface area contributed by atoms with E-state index in [1.165, 1.54) is 0 Å². The van der Waals surface area contributed by atoms with Crippen LogP contribution in [0.2, 0.25) is 5.02 Å². The molecule has 1 aromatic carbocycles. The molecule has 1 aromatic rings. The molecule has 6 heteroatoms. The maximum absolute atomic E-state index is 12.9. The summed E-state index contributed by atoms with van der Waals surface area (Å²) in [6.45, 7) is 3.03. The molecule has 0 radical (unpaired) electrons. The molecule has 1 aliphatic heterocycles. The zero-order chi connectivity index (χ0) is 17.7. The van der Waals surface area contributed by atoms with Gasteiger partial charge in [-0.25, -0.2) is 8.78 Å². The summed E-state index contributed by atoms with van der Waals surface area (Å²) in [5, 5.41) is 0.338. The van der Waals surface area contributed by atoms with Gasteiger partial charge in [0.25, 0.3) is 6.43 Å². The summed E-state index contributed by atoms with van der Waals surface area (Å²) >= 11 is 6.28. The second kappa shape index (κ2) is 8.16. The van der Waals surface area contributed by atoms with E-state index in [4.69, 9.17) is 16.3 Å². The standard InChI is InChI=1S/C18H18ClF2NO2/c1-3-4-9-24-13-6-7-14(15(19)10-13)16-8-5-12(2)18(23)22(16)11-17(20)21/h6-8,10,12,17H,5,9,11H2,1-2H3. The van der Waals surface area contributed by atoms with Crippen molar-refractivity contribution in [3.8, 4) is 17.6 Å². The van der Waals surface area contributed by atoms with Gasteiger partial charge in [-0.1, -0.05) is 30.5 Å². The molecule has 2 rings (SSSR count). The second-order valence-corrected chi connectivity index (χ2v) is 5.83. The maximum atomic E-state index is 12.9. The fraction of sp³-hybridized carbons (Fsp3) is 0.389. The molecule has 0 saturated carbocycles. The zero-order valence-corrected chi connectivity index (χ0v) is 14.2. The van der Waals surface area contributed by atoms with Crippen LogP contribution in [0.25, 0.3) is 5.70 Å². The lowest BCUT2D eigenvalue weighted by molar-refractivity contribution is -0.133. The number of hydrogen-bond acceptors (Lipinski definition) is 2. The van der Waals surface area contributed by atoms with Crippen molar-refractivity contribution in [2.45, 2.75) is 26.7 Å². The van der Waals surface area contributed by atoms with Crippen molar-refractivity contribution in [2.24, 2.45) is 5.92 Å². The Bertz CT molecular complexity index is 707. The van der Waals surface area contributed by atoms with Gasteiger partial charge in [-0.05, 0) is 31.5 Å². The fourth-order valence-corrected chi connectivity index (χ4v) is 2.72. The molecule has 24 heavy (non-hydrogen) atoms. The highest BCUT2D eigenvalue weighted by Gasteiger charge is 2.31. The van der Waals surface area contributed by atoms with Crippen molar-refractivity contribution in [3.63, 3.8) is 0 Å². The first kappa shape index (κ1) is 18.3. The van der Waals surface area contributed by atoms with Crippen molar-refractivity contribution in [1.29, 1.82) is 0 Å². The Morgan fingerprint density at radius 1 is 1.46 bits per heavy atom. The SMILES string of the molecule is CC#CCOc1ccc(C2=CCC(C)C(=O)N2CC(F)F)c(Cl)c1. The van der Waals surface area contributed by atoms with Gasteiger partial charge in [-0.2, -0.15) is 0 Å². The topological polar surface area (TPSA) is 29.5 Å². The second-order valence-electron chi connectivity index (χ2n) is 5.42. The number of ether oxygens (including phenoxy) is 1. The molecule has 0 saturated heterocycles. The number of allylic oxidation sites excluding steroid dienone is 1. The minimum Gasteiger partial charge on any atom is -0.481 e. The van der Waals surface area contributed by atoms with Gasteiger partial charge in [0.15, 0.2) is 0 Å². The molecule has 1 atom stereocenters. The van der Waals surface area contributed by atoms with E-state index in [9.17, 15) is 13.6 Å². The van der Waals surface area contributed by atoms with Gasteiger partial charge in [0.2, 0.25) is 5.91 Å². The molecule has 3 nitrogen and oxygen atoms in total. The number of benzene rings is 1. The van der Waals surface area contributed by atoms with Crippen molar-refractivity contribution in [3.05, 3.63) is 34.9 Å². The Morgan fingerprint density at radius 2 is 2.21 bits per heavy atom. The van der Waals surface area contributed by atoms with Crippen LogP contribution in [0.1, 0.15) is 25.8 Å². The van der Waals surface area contributed by atoms with E-state index >= 15 is 0 Å². The molecule has 0 aromatic heterocycles. The van der Waals surface area contributed by atoms with Crippen LogP contribution in [0.3, 0.4) is 0 Å². The number of hydrogen-bond donors (Lipinski definition) is 0. The number of alkyl halides is 2. The lowest BCUT2D eigenvalue weighted by Crippen LogP contribution is -2.39. The first-order valence-electron chi connectivity index (χ1n) is 7.56. The number of amides is 1. The van der Waals surface area contributed by atoms with Crippen molar-refractivity contribution < 1.29 is 18.3 Å². The van der Waals surface area contributed by atoms with E-state index in [2.05, 4.69) is 11.8 Å². The Balaban J connectivity index is 2.30. The number of carbonyl (C=O) groups is 1. The summed E-state index contributed by atoms with van der Waals surface area (Å²) in [5.74, 6) is 5.38. The number of rotatable bonds is 5. The van der Waals surface area contributed by atoms with Gasteiger partial charge in [0, 0.05) is 17.2 Å². The summed E-state index contributed by atoms with van der Waals surface area (Å²) in [6, 6.07) is 4.95. The van der Waals surface area contributed by atoms with Crippen LogP contribution in [0.4, 0.5) is 8.78 Å². The highest BCUT2D eigenvalue weighted by atomic mass is 35.5. The molecule has 1 unspecified atom stereocenters. The smallest absolute Gasteiger partial charge is 0.256 e. The summed E-state index contributed by atoms with van der Waals surface area (Å²) in [5.41, 5.74) is 0.954. The molecule has 1 heterocycles. The normalized spacial score (nSPS) is 17.4. The molecule has 0 bridgehead atoms. The Kier molecular flexibility index (Phi) is 6.22. The number of carbonyl (C=O) groups excluding carboxylic acids is 1. The lowest BCUT2D eigenvalue weighted by Gasteiger charge is -2.32. The molecular weight excluding hydrogens is 336 g/mol. The van der Waals surface area contributed by atoms with Gasteiger partial charge in [0.1, 0.15) is 12.4 Å². The van der Waals surface area contributed by atoms with Crippen molar-refractivity contribution in [1.82, 2.24) is 4.90 Å². The molecule has 0 aliphatic carbocycles. The Hall–Kier alpha value is -2.06. The minimum atomic E-state index is -2.61. The molecule has 128 valence electrons. The van der Waals surface area contributed by atoms with E-state index < -0.39 is 13.0 Å². The van der Waals surface area contributed by atoms with Gasteiger partial charge >= 0.3 is 0 Å². The third kappa shape index (κ3) is 4.27. The number of halogens is 3. The quantitative estimate of drug-likeness (QED) is 0.742. The highest BCUT2D eigenvalue weighted by molar-refractivity contribution is 6.32. The maximum Gasteiger partial charge on any atom is 0.256 e. The van der Waals surface area contributed by atoms with Crippen LogP contribution in [0, 0.1) is 17.8 Å². The first-order valence-corrected chi connectivity index (χ1v) is 7.93. The van der Waals surface area contributed by atoms with Crippen LogP contribution < -0.4 is 4.74 Å². The summed E-state index contributed by atoms with van der Waals surface area (Å²) < 4.78 is 31.1. The summed E-state index contributed by atoms with van der Waals surface area (Å²) in [7, 11) is 0. The van der Waals surface area contributed by atoms with Gasteiger partial charge in [0.05, 0.1) is 11.6 Å². The molecule has 1 amide bonds. The minimum absolute atomic E-state index is 0.238. The Labute approximate surface area is 145 Å². The fourth-order valence-electron chi connectivity index (χ4n) is 2.45. The van der Waals surface area contributed by atoms with Crippen LogP contribution in [0.15, 0.2) is 24.3 Å². The highest BCUT2D eigenvalue weighted by Crippen LogP contribution is 2.34. The van der Waals surface area contributed by atoms with E-state index in [0.717, 1.165) is 4.90 Å². The van der Waals surface area contributed by atoms with Gasteiger partial charge < -0.3 is 9.64 Å². The molecule has 1 aliphatic rings. The summed E-state index contributed by atoms with van der Waals surface area (Å²) in [4.78, 5) is 13.4. The average Bonchev–Trinajstić information content (AvgIpc) is 2.53. The van der Waals surface area contributed by atoms with Gasteiger partial charge in [-0.15, -0.1) is 5.92 Å². The molecule has 0 fully saturated rings. The van der Waals surface area contributed by atoms with Crippen LogP contribution >= 0.6 is 11.6 Å². The van der Waals surface area contributed by atoms with E-state index in [1.54, 1.807) is 38.1 Å². The van der Waals surface area contributed by atoms with Crippen LogP contribution in [-0.2, 0) is 4.79 Å². The van der Waals surface area contributed by atoms with Crippen LogP contribution in [-0.4, -0.2) is 30.4 Å². The van der Waals surface area contributed by atoms with Crippen molar-refractivity contribution in [2.75, 3.05) is 13.2 Å². The molecule has 0 N–H and O–H groups in total. The van der Waals surface area contributed by atoms with E-state index in [0.29, 0.717) is 28.5 Å². The third-order valence-corrected chi connectivity index (χ3v) is 3.98. The largest absolute Gasteiger partial charge is 0.481 e. The average molecular weight is 354 g/mol. The predicted molar refractivity (Wildman–Crippen MR) is 89.9 cm³/mol. The zero-order valence-electron chi connectivity index (χ0n) is 13.5. The molecule has 0 spiro atoms. The molecular formula is C18H18ClF2NO2. The van der Waals surface area contributed by atoms with E-state index in [1.807, 2.05) is 0 Å². The van der Waals surface area contributed by atoms with Crippen molar-refractivity contribution >= 4 is 23.2 Å². The third-order valence-electron chi connectivity index (χ3n) is 3.67. The predicted octanol–water partition coefficient (Wildman–Crippen LogP) is 4.22. The van der Waals surface area contributed by atoms with E-state index in [-0.39, 0.29) is 18.4 Å². The first-order chi connectivity index (χ1) is 11.4. The number of nitrogens with zero attached hydrogens (tertiary/aromatic N) is 1. The van der Waals surface area contributed by atoms with Crippen LogP contribution in [0.5, 0.6) is 5.75 Å².